The first-order chi connectivity index (χ1) is 7.59. The van der Waals surface area contributed by atoms with Crippen molar-refractivity contribution in [1.29, 1.82) is 0 Å². The molecule has 1 atom stereocenters. The van der Waals surface area contributed by atoms with E-state index < -0.39 is 5.82 Å². The molecule has 4 heteroatoms. The van der Waals surface area contributed by atoms with Crippen molar-refractivity contribution >= 4 is 0 Å². The smallest absolute Gasteiger partial charge is 0.165 e. The number of halogens is 1. The number of phenols is 1. The van der Waals surface area contributed by atoms with Crippen molar-refractivity contribution in [2.45, 2.75) is 32.4 Å². The highest BCUT2D eigenvalue weighted by atomic mass is 19.1. The predicted octanol–water partition coefficient (Wildman–Crippen LogP) is 1.78. The lowest BCUT2D eigenvalue weighted by molar-refractivity contribution is 0.181. The van der Waals surface area contributed by atoms with Crippen LogP contribution in [-0.2, 0) is 6.54 Å². The van der Waals surface area contributed by atoms with E-state index in [1.165, 1.54) is 12.1 Å². The quantitative estimate of drug-likeness (QED) is 0.649. The molecule has 0 aliphatic rings. The average Bonchev–Trinajstić information content (AvgIpc) is 2.22. The first-order valence-electron chi connectivity index (χ1n) is 5.46. The minimum absolute atomic E-state index is 0.270. The SMILES string of the molecule is CC(O)CCCNCc1ccc(O)c(F)c1. The molecule has 3 N–H and O–H groups in total. The van der Waals surface area contributed by atoms with Crippen LogP contribution in [0.15, 0.2) is 18.2 Å². The molecule has 0 heterocycles. The molecule has 0 fully saturated rings. The molecule has 1 unspecified atom stereocenters. The molecule has 0 bridgehead atoms. The van der Waals surface area contributed by atoms with Crippen LogP contribution >= 0.6 is 0 Å². The van der Waals surface area contributed by atoms with Gasteiger partial charge < -0.3 is 15.5 Å². The van der Waals surface area contributed by atoms with Gasteiger partial charge >= 0.3 is 0 Å². The number of phenolic OH excluding ortho intramolecular Hbond substituents is 1. The topological polar surface area (TPSA) is 52.5 Å². The predicted molar refractivity (Wildman–Crippen MR) is 60.7 cm³/mol. The van der Waals surface area contributed by atoms with E-state index in [1.807, 2.05) is 0 Å². The standard InChI is InChI=1S/C12H18FNO2/c1-9(15)3-2-6-14-8-10-4-5-12(16)11(13)7-10/h4-5,7,9,14-16H,2-3,6,8H2,1H3. The monoisotopic (exact) mass is 227 g/mol. The Labute approximate surface area is 94.9 Å². The largest absolute Gasteiger partial charge is 0.505 e. The summed E-state index contributed by atoms with van der Waals surface area (Å²) >= 11 is 0. The maximum absolute atomic E-state index is 12.9. The minimum atomic E-state index is -0.594. The Bertz CT molecular complexity index is 329. The fourth-order valence-corrected chi connectivity index (χ4v) is 1.42. The lowest BCUT2D eigenvalue weighted by atomic mass is 10.2. The first kappa shape index (κ1) is 12.9. The van der Waals surface area contributed by atoms with Gasteiger partial charge in [0.2, 0.25) is 0 Å². The summed E-state index contributed by atoms with van der Waals surface area (Å²) in [5, 5.41) is 21.2. The van der Waals surface area contributed by atoms with Crippen molar-refractivity contribution in [3.05, 3.63) is 29.6 Å². The van der Waals surface area contributed by atoms with Gasteiger partial charge in [-0.1, -0.05) is 6.07 Å². The Hall–Kier alpha value is -1.13. The van der Waals surface area contributed by atoms with Crippen LogP contribution in [-0.4, -0.2) is 22.9 Å². The number of hydrogen-bond donors (Lipinski definition) is 3. The zero-order valence-corrected chi connectivity index (χ0v) is 9.41. The minimum Gasteiger partial charge on any atom is -0.505 e. The Morgan fingerprint density at radius 2 is 2.19 bits per heavy atom. The molecule has 0 spiro atoms. The number of aliphatic hydroxyl groups is 1. The van der Waals surface area contributed by atoms with E-state index in [0.717, 1.165) is 24.9 Å². The van der Waals surface area contributed by atoms with Crippen molar-refractivity contribution in [3.8, 4) is 5.75 Å². The molecule has 0 saturated carbocycles. The molecular weight excluding hydrogens is 209 g/mol. The van der Waals surface area contributed by atoms with Gasteiger partial charge in [0.15, 0.2) is 11.6 Å². The second kappa shape index (κ2) is 6.45. The highest BCUT2D eigenvalue weighted by Crippen LogP contribution is 2.15. The molecule has 0 saturated heterocycles. The molecule has 0 aliphatic heterocycles. The highest BCUT2D eigenvalue weighted by molar-refractivity contribution is 5.27. The Morgan fingerprint density at radius 1 is 1.44 bits per heavy atom. The molecule has 3 nitrogen and oxygen atoms in total. The van der Waals surface area contributed by atoms with Crippen LogP contribution in [0.1, 0.15) is 25.3 Å². The molecule has 0 amide bonds. The van der Waals surface area contributed by atoms with Crippen LogP contribution in [0.3, 0.4) is 0 Å². The van der Waals surface area contributed by atoms with Crippen LogP contribution in [0.5, 0.6) is 5.75 Å². The van der Waals surface area contributed by atoms with Gasteiger partial charge in [0.05, 0.1) is 6.10 Å². The maximum Gasteiger partial charge on any atom is 0.165 e. The molecule has 0 aliphatic carbocycles. The summed E-state index contributed by atoms with van der Waals surface area (Å²) < 4.78 is 12.9. The third kappa shape index (κ3) is 4.59. The second-order valence-electron chi connectivity index (χ2n) is 3.95. The summed E-state index contributed by atoms with van der Waals surface area (Å²) in [6.45, 7) is 3.11. The fraction of sp³-hybridized carbons (Fsp3) is 0.500. The molecule has 90 valence electrons. The van der Waals surface area contributed by atoms with E-state index in [9.17, 15) is 4.39 Å². The van der Waals surface area contributed by atoms with Gasteiger partial charge in [-0.3, -0.25) is 0 Å². The van der Waals surface area contributed by atoms with E-state index in [0.29, 0.717) is 6.54 Å². The van der Waals surface area contributed by atoms with E-state index in [-0.39, 0.29) is 11.9 Å². The van der Waals surface area contributed by atoms with Crippen LogP contribution in [0, 0.1) is 5.82 Å². The van der Waals surface area contributed by atoms with E-state index in [4.69, 9.17) is 10.2 Å². The number of benzene rings is 1. The van der Waals surface area contributed by atoms with Gasteiger partial charge in [-0.05, 0) is 44.0 Å². The van der Waals surface area contributed by atoms with E-state index >= 15 is 0 Å². The zero-order chi connectivity index (χ0) is 12.0. The molecule has 1 aromatic carbocycles. The van der Waals surface area contributed by atoms with Crippen molar-refractivity contribution in [2.24, 2.45) is 0 Å². The van der Waals surface area contributed by atoms with Gasteiger partial charge in [0, 0.05) is 6.54 Å². The van der Waals surface area contributed by atoms with Gasteiger partial charge in [0.1, 0.15) is 0 Å². The Balaban J connectivity index is 2.24. The third-order valence-corrected chi connectivity index (χ3v) is 2.32. The summed E-state index contributed by atoms with van der Waals surface area (Å²) in [5.41, 5.74) is 0.798. The van der Waals surface area contributed by atoms with Gasteiger partial charge in [-0.15, -0.1) is 0 Å². The number of aliphatic hydroxyl groups excluding tert-OH is 1. The van der Waals surface area contributed by atoms with Crippen molar-refractivity contribution in [3.63, 3.8) is 0 Å². The first-order valence-corrected chi connectivity index (χ1v) is 5.46. The van der Waals surface area contributed by atoms with Gasteiger partial charge in [-0.2, -0.15) is 0 Å². The van der Waals surface area contributed by atoms with Gasteiger partial charge in [-0.25, -0.2) is 4.39 Å². The van der Waals surface area contributed by atoms with Crippen molar-refractivity contribution in [1.82, 2.24) is 5.32 Å². The normalized spacial score (nSPS) is 12.7. The van der Waals surface area contributed by atoms with E-state index in [2.05, 4.69) is 5.32 Å². The summed E-state index contributed by atoms with van der Waals surface area (Å²) in [7, 11) is 0. The summed E-state index contributed by atoms with van der Waals surface area (Å²) in [5.74, 6) is -0.916. The second-order valence-corrected chi connectivity index (χ2v) is 3.95. The van der Waals surface area contributed by atoms with Crippen LogP contribution in [0.4, 0.5) is 4.39 Å². The lowest BCUT2D eigenvalue weighted by Gasteiger charge is -2.06. The average molecular weight is 227 g/mol. The summed E-state index contributed by atoms with van der Waals surface area (Å²) in [4.78, 5) is 0. The third-order valence-electron chi connectivity index (χ3n) is 2.32. The number of nitrogens with one attached hydrogen (secondary N) is 1. The summed E-state index contributed by atoms with van der Waals surface area (Å²) in [6, 6.07) is 4.35. The number of rotatable bonds is 6. The van der Waals surface area contributed by atoms with Gasteiger partial charge in [0.25, 0.3) is 0 Å². The zero-order valence-electron chi connectivity index (χ0n) is 9.41. The highest BCUT2D eigenvalue weighted by Gasteiger charge is 2.01. The molecule has 0 radical (unpaired) electrons. The van der Waals surface area contributed by atoms with E-state index in [1.54, 1.807) is 13.0 Å². The fourth-order valence-electron chi connectivity index (χ4n) is 1.42. The molecular formula is C12H18FNO2. The number of hydrogen-bond acceptors (Lipinski definition) is 3. The Morgan fingerprint density at radius 3 is 2.81 bits per heavy atom. The van der Waals surface area contributed by atoms with Crippen LogP contribution in [0.25, 0.3) is 0 Å². The van der Waals surface area contributed by atoms with Crippen LogP contribution in [0.2, 0.25) is 0 Å². The molecule has 1 rings (SSSR count). The van der Waals surface area contributed by atoms with Crippen molar-refractivity contribution in [2.75, 3.05) is 6.54 Å². The maximum atomic E-state index is 12.9. The Kier molecular flexibility index (Phi) is 5.22. The molecule has 16 heavy (non-hydrogen) atoms. The van der Waals surface area contributed by atoms with Crippen molar-refractivity contribution < 1.29 is 14.6 Å². The number of aromatic hydroxyl groups is 1. The summed E-state index contributed by atoms with van der Waals surface area (Å²) in [6.07, 6.45) is 1.38. The van der Waals surface area contributed by atoms with Crippen LogP contribution < -0.4 is 5.32 Å². The molecule has 0 aromatic heterocycles. The molecule has 1 aromatic rings. The lowest BCUT2D eigenvalue weighted by Crippen LogP contribution is -2.16.